The first kappa shape index (κ1) is 18.8. The Morgan fingerprint density at radius 3 is 2.48 bits per heavy atom. The van der Waals surface area contributed by atoms with Crippen molar-refractivity contribution in [1.82, 2.24) is 0 Å². The van der Waals surface area contributed by atoms with Gasteiger partial charge in [0.25, 0.3) is 0 Å². The normalized spacial score (nSPS) is 10.7. The zero-order valence-electron chi connectivity index (χ0n) is 15.3. The first-order chi connectivity index (χ1) is 14.0. The Hall–Kier alpha value is -3.57. The maximum atomic E-state index is 12.5. The summed E-state index contributed by atoms with van der Waals surface area (Å²) >= 11 is 5.91. The van der Waals surface area contributed by atoms with Crippen LogP contribution in [0.4, 0.5) is 0 Å². The Morgan fingerprint density at radius 1 is 0.966 bits per heavy atom. The summed E-state index contributed by atoms with van der Waals surface area (Å²) in [6, 6.07) is 20.3. The highest BCUT2D eigenvalue weighted by Gasteiger charge is 2.15. The van der Waals surface area contributed by atoms with E-state index in [2.05, 4.69) is 0 Å². The minimum Gasteiger partial charge on any atom is -0.496 e. The number of methoxy groups -OCH3 is 1. The van der Waals surface area contributed by atoms with Crippen LogP contribution in [0.3, 0.4) is 0 Å². The Balaban J connectivity index is 1.66. The first-order valence-corrected chi connectivity index (χ1v) is 9.12. The van der Waals surface area contributed by atoms with Crippen LogP contribution >= 0.6 is 11.6 Å². The fourth-order valence-electron chi connectivity index (χ4n) is 2.96. The van der Waals surface area contributed by atoms with Gasteiger partial charge >= 0.3 is 11.6 Å². The molecule has 0 radical (unpaired) electrons. The number of para-hydroxylation sites is 1. The van der Waals surface area contributed by atoms with E-state index in [9.17, 15) is 9.59 Å². The highest BCUT2D eigenvalue weighted by atomic mass is 35.5. The lowest BCUT2D eigenvalue weighted by Gasteiger charge is -2.09. The predicted octanol–water partition coefficient (Wildman–Crippen LogP) is 5.34. The minimum atomic E-state index is -0.568. The lowest BCUT2D eigenvalue weighted by Crippen LogP contribution is -2.10. The van der Waals surface area contributed by atoms with E-state index in [0.717, 1.165) is 0 Å². The molecule has 3 aromatic carbocycles. The minimum absolute atomic E-state index is 0.260. The Labute approximate surface area is 171 Å². The van der Waals surface area contributed by atoms with Crippen LogP contribution in [0.2, 0.25) is 5.02 Å². The molecule has 0 unspecified atom stereocenters. The summed E-state index contributed by atoms with van der Waals surface area (Å²) < 4.78 is 16.1. The van der Waals surface area contributed by atoms with Crippen molar-refractivity contribution in [3.8, 4) is 22.6 Å². The van der Waals surface area contributed by atoms with Crippen molar-refractivity contribution >= 4 is 28.5 Å². The molecule has 6 heteroatoms. The molecule has 0 bridgehead atoms. The SMILES string of the molecule is COc1ccccc1C(=O)Oc1ccc2cc(-c3ccc(Cl)cc3)c(=O)oc2c1. The van der Waals surface area contributed by atoms with Crippen LogP contribution in [-0.4, -0.2) is 13.1 Å². The van der Waals surface area contributed by atoms with E-state index in [4.69, 9.17) is 25.5 Å². The second-order valence-corrected chi connectivity index (χ2v) is 6.68. The highest BCUT2D eigenvalue weighted by molar-refractivity contribution is 6.30. The van der Waals surface area contributed by atoms with Crippen molar-refractivity contribution in [2.75, 3.05) is 7.11 Å². The third kappa shape index (κ3) is 3.86. The number of carbonyl (C=O) groups excluding carboxylic acids is 1. The maximum Gasteiger partial charge on any atom is 0.347 e. The van der Waals surface area contributed by atoms with Gasteiger partial charge in [0.1, 0.15) is 22.6 Å². The summed E-state index contributed by atoms with van der Waals surface area (Å²) in [5.74, 6) is 0.107. The number of halogens is 1. The molecule has 144 valence electrons. The topological polar surface area (TPSA) is 65.7 Å². The highest BCUT2D eigenvalue weighted by Crippen LogP contribution is 2.26. The standard InChI is InChI=1S/C23H15ClO5/c1-27-20-5-3-2-4-18(20)22(25)28-17-11-8-15-12-19(23(26)29-21(15)13-17)14-6-9-16(24)10-7-14/h2-13H,1H3. The molecule has 0 aliphatic rings. The van der Waals surface area contributed by atoms with Gasteiger partial charge in [-0.2, -0.15) is 0 Å². The van der Waals surface area contributed by atoms with Crippen LogP contribution < -0.4 is 15.1 Å². The summed E-state index contributed by atoms with van der Waals surface area (Å²) in [7, 11) is 1.48. The van der Waals surface area contributed by atoms with Crippen LogP contribution in [0.5, 0.6) is 11.5 Å². The Morgan fingerprint density at radius 2 is 1.72 bits per heavy atom. The number of benzene rings is 3. The molecular weight excluding hydrogens is 392 g/mol. The second-order valence-electron chi connectivity index (χ2n) is 6.24. The molecule has 4 rings (SSSR count). The summed E-state index contributed by atoms with van der Waals surface area (Å²) in [4.78, 5) is 24.9. The van der Waals surface area contributed by atoms with Crippen LogP contribution in [0.1, 0.15) is 10.4 Å². The van der Waals surface area contributed by atoms with Gasteiger partial charge in [-0.25, -0.2) is 9.59 Å². The maximum absolute atomic E-state index is 12.5. The van der Waals surface area contributed by atoms with Crippen molar-refractivity contribution in [2.45, 2.75) is 0 Å². The average molecular weight is 407 g/mol. The van der Waals surface area contributed by atoms with Gasteiger partial charge in [0, 0.05) is 16.5 Å². The molecular formula is C23H15ClO5. The fourth-order valence-corrected chi connectivity index (χ4v) is 3.09. The molecule has 4 aromatic rings. The number of rotatable bonds is 4. The molecule has 0 atom stereocenters. The van der Waals surface area contributed by atoms with Crippen LogP contribution in [-0.2, 0) is 0 Å². The molecule has 0 saturated carbocycles. The predicted molar refractivity (Wildman–Crippen MR) is 111 cm³/mol. The number of carbonyl (C=O) groups is 1. The zero-order chi connectivity index (χ0) is 20.4. The number of hydrogen-bond donors (Lipinski definition) is 0. The quantitative estimate of drug-likeness (QED) is 0.260. The molecule has 0 spiro atoms. The van der Waals surface area contributed by atoms with Crippen molar-refractivity contribution in [3.05, 3.63) is 93.8 Å². The van der Waals surface area contributed by atoms with Gasteiger partial charge in [-0.3, -0.25) is 0 Å². The summed E-state index contributed by atoms with van der Waals surface area (Å²) in [5, 5.41) is 1.28. The lowest BCUT2D eigenvalue weighted by molar-refractivity contribution is 0.0731. The van der Waals surface area contributed by atoms with E-state index in [0.29, 0.717) is 38.4 Å². The molecule has 0 fully saturated rings. The van der Waals surface area contributed by atoms with Gasteiger partial charge in [-0.05, 0) is 48.0 Å². The molecule has 0 aliphatic carbocycles. The van der Waals surface area contributed by atoms with Gasteiger partial charge in [0.05, 0.1) is 12.7 Å². The van der Waals surface area contributed by atoms with E-state index in [1.165, 1.54) is 13.2 Å². The van der Waals surface area contributed by atoms with Gasteiger partial charge in [-0.15, -0.1) is 0 Å². The summed E-state index contributed by atoms with van der Waals surface area (Å²) in [5.41, 5.74) is 1.25. The third-order valence-electron chi connectivity index (χ3n) is 4.40. The zero-order valence-corrected chi connectivity index (χ0v) is 16.1. The van der Waals surface area contributed by atoms with Crippen molar-refractivity contribution in [3.63, 3.8) is 0 Å². The van der Waals surface area contributed by atoms with Crippen LogP contribution in [0, 0.1) is 0 Å². The molecule has 0 N–H and O–H groups in total. The summed E-state index contributed by atoms with van der Waals surface area (Å²) in [6.45, 7) is 0. The van der Waals surface area contributed by atoms with Gasteiger partial charge < -0.3 is 13.9 Å². The lowest BCUT2D eigenvalue weighted by atomic mass is 10.1. The number of fused-ring (bicyclic) bond motifs is 1. The van der Waals surface area contributed by atoms with E-state index in [1.807, 2.05) is 0 Å². The first-order valence-electron chi connectivity index (χ1n) is 8.74. The second kappa shape index (κ2) is 7.81. The monoisotopic (exact) mass is 406 g/mol. The molecule has 0 saturated heterocycles. The average Bonchev–Trinajstić information content (AvgIpc) is 2.74. The van der Waals surface area contributed by atoms with Crippen LogP contribution in [0.15, 0.2) is 82.0 Å². The van der Waals surface area contributed by atoms with Crippen molar-refractivity contribution in [1.29, 1.82) is 0 Å². The molecule has 0 amide bonds. The van der Waals surface area contributed by atoms with Gasteiger partial charge in [0.15, 0.2) is 0 Å². The van der Waals surface area contributed by atoms with E-state index in [1.54, 1.807) is 66.7 Å². The van der Waals surface area contributed by atoms with Crippen molar-refractivity contribution < 1.29 is 18.7 Å². The van der Waals surface area contributed by atoms with Crippen molar-refractivity contribution in [2.24, 2.45) is 0 Å². The van der Waals surface area contributed by atoms with E-state index >= 15 is 0 Å². The molecule has 0 aliphatic heterocycles. The largest absolute Gasteiger partial charge is 0.496 e. The number of esters is 1. The van der Waals surface area contributed by atoms with E-state index < -0.39 is 11.6 Å². The van der Waals surface area contributed by atoms with Gasteiger partial charge in [0.2, 0.25) is 0 Å². The molecule has 5 nitrogen and oxygen atoms in total. The summed E-state index contributed by atoms with van der Waals surface area (Å²) in [6.07, 6.45) is 0. The number of ether oxygens (including phenoxy) is 2. The Kier molecular flexibility index (Phi) is 5.06. The molecule has 1 heterocycles. The molecule has 29 heavy (non-hydrogen) atoms. The van der Waals surface area contributed by atoms with Crippen LogP contribution in [0.25, 0.3) is 22.1 Å². The molecule has 1 aromatic heterocycles. The van der Waals surface area contributed by atoms with Gasteiger partial charge in [-0.1, -0.05) is 35.9 Å². The Bertz CT molecular complexity index is 1260. The third-order valence-corrected chi connectivity index (χ3v) is 4.65. The smallest absolute Gasteiger partial charge is 0.347 e. The fraction of sp³-hybridized carbons (Fsp3) is 0.0435. The van der Waals surface area contributed by atoms with E-state index in [-0.39, 0.29) is 5.75 Å². The number of hydrogen-bond acceptors (Lipinski definition) is 5.